The van der Waals surface area contributed by atoms with E-state index in [4.69, 9.17) is 16.6 Å². The van der Waals surface area contributed by atoms with Crippen LogP contribution < -0.4 is 11.5 Å². The van der Waals surface area contributed by atoms with E-state index in [0.29, 0.717) is 0 Å². The van der Waals surface area contributed by atoms with Crippen molar-refractivity contribution in [3.05, 3.63) is 0 Å². The minimum absolute atomic E-state index is 0.000694. The van der Waals surface area contributed by atoms with Crippen molar-refractivity contribution in [2.75, 3.05) is 0 Å². The molecule has 0 unspecified atom stereocenters. The fourth-order valence-corrected chi connectivity index (χ4v) is 0.490. The number of amides is 1. The molecule has 0 aromatic rings. The summed E-state index contributed by atoms with van der Waals surface area (Å²) >= 11 is 0. The topological polar surface area (TPSA) is 106 Å². The molecule has 64 valence electrons. The molecule has 0 spiro atoms. The molecule has 1 amide bonds. The summed E-state index contributed by atoms with van der Waals surface area (Å²) in [5.74, 6) is -1.67. The molecule has 0 aliphatic carbocycles. The standard InChI is InChI=1S/C6H12N2O3/c1-6(8,5(10)11)3-2-4(7)9/h2-3,8H2,1H3,(H2,7,9)(H,10,11)/t6-/m0/s1. The molecule has 0 saturated heterocycles. The summed E-state index contributed by atoms with van der Waals surface area (Å²) < 4.78 is 0. The Morgan fingerprint density at radius 2 is 2.00 bits per heavy atom. The van der Waals surface area contributed by atoms with Crippen LogP contribution in [0.5, 0.6) is 0 Å². The molecule has 0 rings (SSSR count). The third-order valence-corrected chi connectivity index (χ3v) is 1.38. The second kappa shape index (κ2) is 3.34. The summed E-state index contributed by atoms with van der Waals surface area (Å²) in [5, 5.41) is 8.48. The van der Waals surface area contributed by atoms with Gasteiger partial charge in [-0.2, -0.15) is 0 Å². The van der Waals surface area contributed by atoms with Gasteiger partial charge >= 0.3 is 5.97 Å². The average molecular weight is 160 g/mol. The summed E-state index contributed by atoms with van der Waals surface area (Å²) in [7, 11) is 0. The van der Waals surface area contributed by atoms with Crippen molar-refractivity contribution in [3.63, 3.8) is 0 Å². The molecule has 0 aromatic carbocycles. The highest BCUT2D eigenvalue weighted by molar-refractivity contribution is 5.80. The molecular weight excluding hydrogens is 148 g/mol. The third-order valence-electron chi connectivity index (χ3n) is 1.38. The highest BCUT2D eigenvalue weighted by Gasteiger charge is 2.27. The first-order chi connectivity index (χ1) is 4.86. The Kier molecular flexibility index (Phi) is 3.00. The molecule has 5 heteroatoms. The van der Waals surface area contributed by atoms with Gasteiger partial charge in [0.05, 0.1) is 0 Å². The van der Waals surface area contributed by atoms with Gasteiger partial charge in [-0.25, -0.2) is 0 Å². The highest BCUT2D eigenvalue weighted by atomic mass is 16.4. The van der Waals surface area contributed by atoms with Gasteiger partial charge in [0.1, 0.15) is 5.54 Å². The van der Waals surface area contributed by atoms with Crippen LogP contribution in [0.4, 0.5) is 0 Å². The molecule has 0 saturated carbocycles. The zero-order chi connectivity index (χ0) is 9.07. The van der Waals surface area contributed by atoms with Crippen LogP contribution in [0.15, 0.2) is 0 Å². The number of aliphatic carboxylic acids is 1. The van der Waals surface area contributed by atoms with Crippen LogP contribution in [0, 0.1) is 0 Å². The summed E-state index contributed by atoms with van der Waals surface area (Å²) in [6.45, 7) is 1.35. The molecule has 1 atom stereocenters. The summed E-state index contributed by atoms with van der Waals surface area (Å²) in [5.41, 5.74) is 8.76. The van der Waals surface area contributed by atoms with E-state index in [0.717, 1.165) is 0 Å². The van der Waals surface area contributed by atoms with Gasteiger partial charge in [0.25, 0.3) is 0 Å². The molecule has 0 bridgehead atoms. The van der Waals surface area contributed by atoms with Gasteiger partial charge in [0.2, 0.25) is 5.91 Å². The number of carboxylic acid groups (broad SMARTS) is 1. The first-order valence-electron chi connectivity index (χ1n) is 3.17. The van der Waals surface area contributed by atoms with Crippen LogP contribution >= 0.6 is 0 Å². The molecule has 0 radical (unpaired) electrons. The Balaban J connectivity index is 3.92. The maximum atomic E-state index is 10.4. The largest absolute Gasteiger partial charge is 0.480 e. The van der Waals surface area contributed by atoms with E-state index in [2.05, 4.69) is 0 Å². The van der Waals surface area contributed by atoms with E-state index in [1.54, 1.807) is 0 Å². The maximum Gasteiger partial charge on any atom is 0.323 e. The van der Waals surface area contributed by atoms with Crippen LogP contribution in [0.2, 0.25) is 0 Å². The number of primary amides is 1. The van der Waals surface area contributed by atoms with Crippen LogP contribution in [-0.2, 0) is 9.59 Å². The Morgan fingerprint density at radius 3 is 2.27 bits per heavy atom. The fraction of sp³-hybridized carbons (Fsp3) is 0.667. The number of hydrogen-bond acceptors (Lipinski definition) is 3. The van der Waals surface area contributed by atoms with Gasteiger partial charge in [0, 0.05) is 6.42 Å². The molecule has 0 heterocycles. The number of carbonyl (C=O) groups is 2. The average Bonchev–Trinajstić information content (AvgIpc) is 1.84. The van der Waals surface area contributed by atoms with Crippen molar-refractivity contribution >= 4 is 11.9 Å². The lowest BCUT2D eigenvalue weighted by molar-refractivity contribution is -0.143. The SMILES string of the molecule is C[C@](N)(CCC(N)=O)C(=O)O. The minimum Gasteiger partial charge on any atom is -0.480 e. The lowest BCUT2D eigenvalue weighted by Gasteiger charge is -2.17. The Bertz CT molecular complexity index is 177. The van der Waals surface area contributed by atoms with Crippen LogP contribution in [0.1, 0.15) is 19.8 Å². The zero-order valence-corrected chi connectivity index (χ0v) is 6.33. The number of carboxylic acids is 1. The van der Waals surface area contributed by atoms with Gasteiger partial charge in [-0.15, -0.1) is 0 Å². The lowest BCUT2D eigenvalue weighted by atomic mass is 9.97. The monoisotopic (exact) mass is 160 g/mol. The molecule has 0 fully saturated rings. The number of nitrogens with two attached hydrogens (primary N) is 2. The van der Waals surface area contributed by atoms with Crippen molar-refractivity contribution in [2.24, 2.45) is 11.5 Å². The van der Waals surface area contributed by atoms with Crippen molar-refractivity contribution in [1.29, 1.82) is 0 Å². The molecule has 0 aliphatic rings. The second-order valence-corrected chi connectivity index (χ2v) is 2.69. The maximum absolute atomic E-state index is 10.4. The Hall–Kier alpha value is -1.10. The van der Waals surface area contributed by atoms with Crippen molar-refractivity contribution in [2.45, 2.75) is 25.3 Å². The first kappa shape index (κ1) is 9.90. The van der Waals surface area contributed by atoms with Gasteiger partial charge in [0.15, 0.2) is 0 Å². The predicted molar refractivity (Wildman–Crippen MR) is 38.7 cm³/mol. The van der Waals surface area contributed by atoms with E-state index in [-0.39, 0.29) is 12.8 Å². The van der Waals surface area contributed by atoms with Gasteiger partial charge in [-0.05, 0) is 13.3 Å². The normalized spacial score (nSPS) is 15.5. The Labute approximate surface area is 64.4 Å². The molecule has 5 N–H and O–H groups in total. The third kappa shape index (κ3) is 3.57. The summed E-state index contributed by atoms with van der Waals surface area (Å²) in [6.07, 6.45) is 0.0664. The number of rotatable bonds is 4. The van der Waals surface area contributed by atoms with Crippen molar-refractivity contribution in [1.82, 2.24) is 0 Å². The zero-order valence-electron chi connectivity index (χ0n) is 6.33. The van der Waals surface area contributed by atoms with Gasteiger partial charge in [-0.3, -0.25) is 9.59 Å². The summed E-state index contributed by atoms with van der Waals surface area (Å²) in [6, 6.07) is 0. The molecule has 5 nitrogen and oxygen atoms in total. The van der Waals surface area contributed by atoms with E-state index in [9.17, 15) is 9.59 Å². The minimum atomic E-state index is -1.35. The highest BCUT2D eigenvalue weighted by Crippen LogP contribution is 2.07. The van der Waals surface area contributed by atoms with Crippen LogP contribution in [0.25, 0.3) is 0 Å². The number of hydrogen-bond donors (Lipinski definition) is 3. The smallest absolute Gasteiger partial charge is 0.323 e. The van der Waals surface area contributed by atoms with Crippen molar-refractivity contribution < 1.29 is 14.7 Å². The van der Waals surface area contributed by atoms with Gasteiger partial charge < -0.3 is 16.6 Å². The van der Waals surface area contributed by atoms with E-state index < -0.39 is 17.4 Å². The van der Waals surface area contributed by atoms with E-state index >= 15 is 0 Å². The Morgan fingerprint density at radius 1 is 1.55 bits per heavy atom. The lowest BCUT2D eigenvalue weighted by Crippen LogP contribution is -2.45. The van der Waals surface area contributed by atoms with Crippen LogP contribution in [-0.4, -0.2) is 22.5 Å². The second-order valence-electron chi connectivity index (χ2n) is 2.69. The van der Waals surface area contributed by atoms with E-state index in [1.165, 1.54) is 6.92 Å². The molecule has 0 aromatic heterocycles. The molecular formula is C6H12N2O3. The van der Waals surface area contributed by atoms with Gasteiger partial charge in [-0.1, -0.05) is 0 Å². The van der Waals surface area contributed by atoms with Crippen molar-refractivity contribution in [3.8, 4) is 0 Å². The summed E-state index contributed by atoms with van der Waals surface area (Å²) in [4.78, 5) is 20.6. The molecule has 11 heavy (non-hydrogen) atoms. The first-order valence-corrected chi connectivity index (χ1v) is 3.17. The quantitative estimate of drug-likeness (QED) is 0.493. The number of carbonyl (C=O) groups excluding carboxylic acids is 1. The van der Waals surface area contributed by atoms with Crippen LogP contribution in [0.3, 0.4) is 0 Å². The van der Waals surface area contributed by atoms with E-state index in [1.807, 2.05) is 0 Å². The predicted octanol–water partition coefficient (Wildman–Crippen LogP) is -0.946. The molecule has 0 aliphatic heterocycles. The fourth-order valence-electron chi connectivity index (χ4n) is 0.490.